The number of amides is 1. The highest BCUT2D eigenvalue weighted by molar-refractivity contribution is 6.12. The molecule has 1 aromatic heterocycles. The molecule has 2 aromatic rings. The van der Waals surface area contributed by atoms with Crippen molar-refractivity contribution >= 4 is 17.6 Å². The van der Waals surface area contributed by atoms with Crippen LogP contribution in [-0.4, -0.2) is 42.2 Å². The Kier molecular flexibility index (Phi) is 4.48. The van der Waals surface area contributed by atoms with Crippen LogP contribution in [0.15, 0.2) is 35.5 Å². The lowest BCUT2D eigenvalue weighted by Crippen LogP contribution is -2.38. The number of benzene rings is 1. The van der Waals surface area contributed by atoms with E-state index in [0.717, 1.165) is 0 Å². The van der Waals surface area contributed by atoms with Crippen molar-refractivity contribution in [3.8, 4) is 22.8 Å². The highest BCUT2D eigenvalue weighted by atomic mass is 16.5. The molecule has 1 aromatic carbocycles. The molecule has 8 nitrogen and oxygen atoms in total. The molecule has 0 unspecified atom stereocenters. The van der Waals surface area contributed by atoms with Crippen molar-refractivity contribution in [1.82, 2.24) is 15.6 Å². The number of aromatic hydroxyl groups is 1. The summed E-state index contributed by atoms with van der Waals surface area (Å²) < 4.78 is 5.11. The Morgan fingerprint density at radius 3 is 2.96 bits per heavy atom. The van der Waals surface area contributed by atoms with Crippen LogP contribution in [0.4, 0.5) is 5.69 Å². The lowest BCUT2D eigenvalue weighted by atomic mass is 9.97. The zero-order valence-corrected chi connectivity index (χ0v) is 13.4. The summed E-state index contributed by atoms with van der Waals surface area (Å²) in [5.41, 5.74) is 1.09. The molecule has 0 fully saturated rings. The average Bonchev–Trinajstić information content (AvgIpc) is 3.14. The van der Waals surface area contributed by atoms with Crippen LogP contribution in [0, 0.1) is 6.57 Å². The molecule has 0 saturated carbocycles. The molecular formula is C17H15N5O3. The summed E-state index contributed by atoms with van der Waals surface area (Å²) in [5, 5.41) is 15.8. The van der Waals surface area contributed by atoms with Gasteiger partial charge in [0, 0.05) is 24.4 Å². The number of ether oxygens (including phenoxy) is 1. The second-order valence-corrected chi connectivity index (χ2v) is 5.16. The van der Waals surface area contributed by atoms with Crippen LogP contribution in [-0.2, 0) is 0 Å². The number of hydrogen-bond donors (Lipinski definition) is 3. The molecular weight excluding hydrogens is 322 g/mol. The van der Waals surface area contributed by atoms with Crippen molar-refractivity contribution in [1.29, 1.82) is 0 Å². The number of carbonyl (C=O) groups is 1. The maximum atomic E-state index is 12.7. The number of hydrogen-bond acceptors (Lipinski definition) is 6. The Labute approximate surface area is 144 Å². The van der Waals surface area contributed by atoms with E-state index in [-0.39, 0.29) is 17.0 Å². The van der Waals surface area contributed by atoms with E-state index in [2.05, 4.69) is 25.5 Å². The standard InChI is InChI=1S/C17H15N5O3/c1-18-11-3-4-12(23)15(16(24)22-17-20-7-8-21-17)14(11)10-5-6-19-13(9-10)25-2/h3-6,9,23H,7-8H2,2H3,(H2,20,21,22,24). The number of aromatic nitrogens is 1. The predicted molar refractivity (Wildman–Crippen MR) is 91.9 cm³/mol. The lowest BCUT2D eigenvalue weighted by Gasteiger charge is -2.14. The van der Waals surface area contributed by atoms with Crippen LogP contribution >= 0.6 is 0 Å². The van der Waals surface area contributed by atoms with Gasteiger partial charge in [0.25, 0.3) is 5.91 Å². The lowest BCUT2D eigenvalue weighted by molar-refractivity contribution is 0.0974. The van der Waals surface area contributed by atoms with Crippen LogP contribution in [0.25, 0.3) is 16.0 Å². The maximum Gasteiger partial charge on any atom is 0.261 e. The van der Waals surface area contributed by atoms with Crippen LogP contribution in [0.1, 0.15) is 10.4 Å². The molecule has 126 valence electrons. The Morgan fingerprint density at radius 1 is 1.44 bits per heavy atom. The number of rotatable bonds is 3. The van der Waals surface area contributed by atoms with Gasteiger partial charge in [-0.05, 0) is 17.7 Å². The first-order valence-electron chi connectivity index (χ1n) is 7.47. The van der Waals surface area contributed by atoms with Crippen molar-refractivity contribution in [2.45, 2.75) is 0 Å². The molecule has 3 N–H and O–H groups in total. The number of carbonyl (C=O) groups excluding carboxylic acids is 1. The molecule has 0 atom stereocenters. The van der Waals surface area contributed by atoms with E-state index in [4.69, 9.17) is 11.3 Å². The van der Waals surface area contributed by atoms with Crippen LogP contribution < -0.4 is 15.4 Å². The van der Waals surface area contributed by atoms with Gasteiger partial charge >= 0.3 is 0 Å². The number of pyridine rings is 1. The first kappa shape index (κ1) is 16.3. The topological polar surface area (TPSA) is 100 Å². The van der Waals surface area contributed by atoms with Gasteiger partial charge in [-0.1, -0.05) is 6.07 Å². The molecule has 8 heteroatoms. The molecule has 0 bridgehead atoms. The van der Waals surface area contributed by atoms with E-state index in [9.17, 15) is 9.90 Å². The third-order valence-corrected chi connectivity index (χ3v) is 3.65. The molecule has 2 heterocycles. The Bertz CT molecular complexity index is 902. The second kappa shape index (κ2) is 6.88. The van der Waals surface area contributed by atoms with E-state index in [1.807, 2.05) is 0 Å². The first-order valence-corrected chi connectivity index (χ1v) is 7.47. The minimum absolute atomic E-state index is 0.00171. The van der Waals surface area contributed by atoms with Crippen molar-refractivity contribution in [3.05, 3.63) is 47.4 Å². The fourth-order valence-corrected chi connectivity index (χ4v) is 2.52. The van der Waals surface area contributed by atoms with Gasteiger partial charge in [0.15, 0.2) is 11.6 Å². The molecule has 0 spiro atoms. The van der Waals surface area contributed by atoms with Gasteiger partial charge in [-0.25, -0.2) is 9.83 Å². The zero-order chi connectivity index (χ0) is 17.8. The van der Waals surface area contributed by atoms with E-state index in [1.165, 1.54) is 25.4 Å². The van der Waals surface area contributed by atoms with Crippen molar-refractivity contribution in [2.75, 3.05) is 20.2 Å². The molecule has 0 saturated heterocycles. The summed E-state index contributed by atoms with van der Waals surface area (Å²) in [6.45, 7) is 8.60. The number of methoxy groups -OCH3 is 1. The maximum absolute atomic E-state index is 12.7. The number of guanidine groups is 1. The highest BCUT2D eigenvalue weighted by Gasteiger charge is 2.23. The van der Waals surface area contributed by atoms with Gasteiger partial charge < -0.3 is 15.2 Å². The predicted octanol–water partition coefficient (Wildman–Crippen LogP) is 1.70. The Morgan fingerprint density at radius 2 is 2.28 bits per heavy atom. The molecule has 1 amide bonds. The number of nitrogens with one attached hydrogen (secondary N) is 2. The number of aliphatic imine (C=N–C) groups is 1. The molecule has 25 heavy (non-hydrogen) atoms. The number of phenolic OH excluding ortho intramolecular Hbond substituents is 1. The average molecular weight is 337 g/mol. The normalized spacial score (nSPS) is 12.7. The quantitative estimate of drug-likeness (QED) is 0.740. The molecule has 0 radical (unpaired) electrons. The van der Waals surface area contributed by atoms with Crippen LogP contribution in [0.5, 0.6) is 11.6 Å². The second-order valence-electron chi connectivity index (χ2n) is 5.16. The fourth-order valence-electron chi connectivity index (χ4n) is 2.52. The van der Waals surface area contributed by atoms with Crippen molar-refractivity contribution < 1.29 is 14.6 Å². The summed E-state index contributed by atoms with van der Waals surface area (Å²) in [7, 11) is 1.47. The van der Waals surface area contributed by atoms with Gasteiger partial charge in [0.1, 0.15) is 5.75 Å². The highest BCUT2D eigenvalue weighted by Crippen LogP contribution is 2.39. The number of nitrogens with zero attached hydrogens (tertiary/aromatic N) is 3. The van der Waals surface area contributed by atoms with Gasteiger partial charge in [-0.15, -0.1) is 0 Å². The first-order chi connectivity index (χ1) is 12.1. The summed E-state index contributed by atoms with van der Waals surface area (Å²) in [6.07, 6.45) is 1.51. The van der Waals surface area contributed by atoms with Gasteiger partial charge in [-0.2, -0.15) is 0 Å². The van der Waals surface area contributed by atoms with Gasteiger partial charge in [0.2, 0.25) is 5.88 Å². The van der Waals surface area contributed by atoms with Crippen LogP contribution in [0.2, 0.25) is 0 Å². The summed E-state index contributed by atoms with van der Waals surface area (Å²) in [6, 6.07) is 6.04. The van der Waals surface area contributed by atoms with E-state index in [0.29, 0.717) is 36.1 Å². The summed E-state index contributed by atoms with van der Waals surface area (Å²) in [5.74, 6) is -0.1000. The molecule has 0 aliphatic carbocycles. The number of phenols is 1. The zero-order valence-electron chi connectivity index (χ0n) is 13.4. The van der Waals surface area contributed by atoms with Crippen molar-refractivity contribution in [3.63, 3.8) is 0 Å². The van der Waals surface area contributed by atoms with Gasteiger partial charge in [-0.3, -0.25) is 15.1 Å². The Hall–Kier alpha value is -3.60. The SMILES string of the molecule is [C-]#[N+]c1ccc(O)c(C(=O)NC2=NCCN2)c1-c1ccnc(OC)c1. The van der Waals surface area contributed by atoms with Crippen LogP contribution in [0.3, 0.4) is 0 Å². The summed E-state index contributed by atoms with van der Waals surface area (Å²) >= 11 is 0. The third-order valence-electron chi connectivity index (χ3n) is 3.65. The van der Waals surface area contributed by atoms with E-state index >= 15 is 0 Å². The third kappa shape index (κ3) is 3.21. The monoisotopic (exact) mass is 337 g/mol. The largest absolute Gasteiger partial charge is 0.507 e. The Balaban J connectivity index is 2.13. The summed E-state index contributed by atoms with van der Waals surface area (Å²) in [4.78, 5) is 24.3. The minimum Gasteiger partial charge on any atom is -0.507 e. The fraction of sp³-hybridized carbons (Fsp3) is 0.176. The van der Waals surface area contributed by atoms with E-state index < -0.39 is 5.91 Å². The minimum atomic E-state index is -0.554. The van der Waals surface area contributed by atoms with E-state index in [1.54, 1.807) is 12.1 Å². The molecule has 3 rings (SSSR count). The smallest absolute Gasteiger partial charge is 0.261 e. The van der Waals surface area contributed by atoms with Crippen molar-refractivity contribution in [2.24, 2.45) is 4.99 Å². The molecule has 1 aliphatic heterocycles. The molecule has 1 aliphatic rings. The van der Waals surface area contributed by atoms with Gasteiger partial charge in [0.05, 0.1) is 25.8 Å².